The van der Waals surface area contributed by atoms with E-state index < -0.39 is 0 Å². The second-order valence-electron chi connectivity index (χ2n) is 4.23. The van der Waals surface area contributed by atoms with Crippen LogP contribution in [0.25, 0.3) is 0 Å². The predicted molar refractivity (Wildman–Crippen MR) is 92.0 cm³/mol. The Bertz CT molecular complexity index is 140. The molecule has 4 nitrogen and oxygen atoms in total. The third-order valence-electron chi connectivity index (χ3n) is 0.765. The van der Waals surface area contributed by atoms with Crippen molar-refractivity contribution in [2.45, 2.75) is 0 Å². The van der Waals surface area contributed by atoms with Crippen molar-refractivity contribution in [2.24, 2.45) is 0 Å². The third-order valence-corrected chi connectivity index (χ3v) is 1.50. The summed E-state index contributed by atoms with van der Waals surface area (Å²) in [7, 11) is 17.0. The van der Waals surface area contributed by atoms with Gasteiger partial charge in [0.1, 0.15) is 0 Å². The largest absolute Gasteiger partial charge is 0.388 e. The minimum absolute atomic E-state index is 0.852. The summed E-state index contributed by atoms with van der Waals surface area (Å²) in [4.78, 5) is 5.80. The number of rotatable bonds is 0. The summed E-state index contributed by atoms with van der Waals surface area (Å²) < 4.78 is 4.25. The van der Waals surface area contributed by atoms with Crippen molar-refractivity contribution >= 4 is 29.1 Å². The van der Waals surface area contributed by atoms with Crippen LogP contribution < -0.4 is 0 Å². The van der Waals surface area contributed by atoms with Crippen molar-refractivity contribution in [1.82, 2.24) is 14.7 Å². The number of methoxy groups -OCH3 is 1. The summed E-state index contributed by atoms with van der Waals surface area (Å²) in [6.07, 6.45) is 4.08. The molecule has 0 N–H and O–H groups in total. The van der Waals surface area contributed by atoms with Gasteiger partial charge in [-0.25, -0.2) is 0 Å². The Balaban J connectivity index is -0.0000000827. The minimum atomic E-state index is 0.852. The Morgan fingerprint density at radius 1 is 0.833 bits per heavy atom. The molecule has 0 rings (SSSR count). The monoisotopic (exact) mass is 299 g/mol. The molecular weight excluding hydrogens is 266 g/mol. The summed E-state index contributed by atoms with van der Waals surface area (Å²) in [5.74, 6) is 0. The molecule has 0 atom stereocenters. The van der Waals surface area contributed by atoms with Crippen LogP contribution in [0.15, 0.2) is 0 Å². The molecule has 0 amide bonds. The maximum absolute atomic E-state index is 4.95. The maximum Gasteiger partial charge on any atom is 0.170 e. The highest BCUT2D eigenvalue weighted by Gasteiger charge is 1.97. The first kappa shape index (κ1) is 26.5. The zero-order valence-electron chi connectivity index (χ0n) is 14.1. The van der Waals surface area contributed by atoms with E-state index in [0.29, 0.717) is 0 Å². The van der Waals surface area contributed by atoms with Crippen molar-refractivity contribution in [3.05, 3.63) is 0 Å². The zero-order valence-corrected chi connectivity index (χ0v) is 15.7. The van der Waals surface area contributed by atoms with Gasteiger partial charge in [-0.15, -0.1) is 0 Å². The highest BCUT2D eigenvalue weighted by atomic mass is 32.2. The molecule has 18 heavy (non-hydrogen) atoms. The van der Waals surface area contributed by atoms with E-state index in [1.807, 2.05) is 76.5 Å². The Morgan fingerprint density at radius 3 is 0.944 bits per heavy atom. The molecule has 0 aromatic carbocycles. The molecule has 0 aliphatic heterocycles. The van der Waals surface area contributed by atoms with Crippen LogP contribution >= 0.6 is 24.0 Å². The molecule has 6 heteroatoms. The summed E-state index contributed by atoms with van der Waals surface area (Å²) in [5, 5.41) is 0.852. The van der Waals surface area contributed by atoms with Gasteiger partial charge in [-0.05, 0) is 45.9 Å². The van der Waals surface area contributed by atoms with Crippen LogP contribution in [0.4, 0.5) is 0 Å². The molecule has 0 heterocycles. The van der Waals surface area contributed by atoms with Crippen LogP contribution in [0.3, 0.4) is 0 Å². The molecule has 0 aliphatic rings. The maximum atomic E-state index is 4.95. The van der Waals surface area contributed by atoms with E-state index in [4.69, 9.17) is 12.2 Å². The van der Waals surface area contributed by atoms with Crippen LogP contribution in [0, 0.1) is 0 Å². The summed E-state index contributed by atoms with van der Waals surface area (Å²) in [6.45, 7) is 0. The molecule has 114 valence electrons. The van der Waals surface area contributed by atoms with E-state index in [2.05, 4.69) is 4.74 Å². The number of nitrogens with zero attached hydrogens (tertiary/aromatic N) is 3. The number of hydrogen-bond donors (Lipinski definition) is 0. The first-order valence-electron chi connectivity index (χ1n) is 5.41. The Kier molecular flexibility index (Phi) is 32.6. The number of hydrogen-bond acceptors (Lipinski definition) is 4. The second-order valence-corrected chi connectivity index (χ2v) is 5.41. The van der Waals surface area contributed by atoms with Gasteiger partial charge in [0.2, 0.25) is 0 Å². The molecule has 0 unspecified atom stereocenters. The summed E-state index contributed by atoms with van der Waals surface area (Å²) in [6, 6.07) is 0. The first-order valence-corrected chi connectivity index (χ1v) is 7.46. The van der Waals surface area contributed by atoms with Crippen LogP contribution in [0.1, 0.15) is 0 Å². The standard InChI is InChI=1S/C5H12N2S.C3H9N.C2H6O.C2H6S/c1-6(2)5(8)7(3)4;1-4(2)3;2*1-3-2/h1-4H3;1-3H3;2*1-2H3. The third kappa shape index (κ3) is 56.4. The summed E-state index contributed by atoms with van der Waals surface area (Å²) >= 11 is 6.70. The van der Waals surface area contributed by atoms with E-state index >= 15 is 0 Å². The van der Waals surface area contributed by atoms with Crippen LogP contribution in [0.5, 0.6) is 0 Å². The van der Waals surface area contributed by atoms with Crippen LogP contribution in [0.2, 0.25) is 0 Å². The molecular formula is C12H33N3OS2. The highest BCUT2D eigenvalue weighted by molar-refractivity contribution is 7.97. The van der Waals surface area contributed by atoms with Crippen molar-refractivity contribution in [2.75, 3.05) is 76.1 Å². The zero-order chi connectivity index (χ0) is 15.7. The lowest BCUT2D eigenvalue weighted by molar-refractivity contribution is 0.277. The van der Waals surface area contributed by atoms with Gasteiger partial charge >= 0.3 is 0 Å². The average Bonchev–Trinajstić information content (AvgIpc) is 2.17. The fourth-order valence-electron chi connectivity index (χ4n) is 0.400. The SMILES string of the molecule is CN(C)C.CN(C)C(=S)N(C)C.COC.CSC. The van der Waals surface area contributed by atoms with Crippen molar-refractivity contribution in [1.29, 1.82) is 0 Å². The fraction of sp³-hybridized carbons (Fsp3) is 0.917. The van der Waals surface area contributed by atoms with Crippen molar-refractivity contribution in [3.63, 3.8) is 0 Å². The molecule has 0 aromatic rings. The van der Waals surface area contributed by atoms with E-state index in [1.165, 1.54) is 0 Å². The fourth-order valence-corrected chi connectivity index (χ4v) is 0.400. The topological polar surface area (TPSA) is 19.0 Å². The molecule has 0 fully saturated rings. The number of ether oxygens (including phenoxy) is 1. The van der Waals surface area contributed by atoms with Gasteiger partial charge in [0, 0.05) is 42.4 Å². The van der Waals surface area contributed by atoms with E-state index in [-0.39, 0.29) is 0 Å². The van der Waals surface area contributed by atoms with E-state index in [0.717, 1.165) is 5.11 Å². The smallest absolute Gasteiger partial charge is 0.170 e. The van der Waals surface area contributed by atoms with Crippen LogP contribution in [-0.4, -0.2) is 95.9 Å². The molecule has 0 bridgehead atoms. The van der Waals surface area contributed by atoms with Crippen molar-refractivity contribution in [3.8, 4) is 0 Å². The Morgan fingerprint density at radius 2 is 0.944 bits per heavy atom. The molecule has 0 spiro atoms. The van der Waals surface area contributed by atoms with Gasteiger partial charge in [-0.2, -0.15) is 11.8 Å². The summed E-state index contributed by atoms with van der Waals surface area (Å²) in [5.41, 5.74) is 0. The van der Waals surface area contributed by atoms with E-state index in [9.17, 15) is 0 Å². The predicted octanol–water partition coefficient (Wildman–Crippen LogP) is 1.81. The lowest BCUT2D eigenvalue weighted by Gasteiger charge is -2.20. The lowest BCUT2D eigenvalue weighted by atomic mass is 10.8. The number of thiocarbonyl (C=S) groups is 1. The van der Waals surface area contributed by atoms with Gasteiger partial charge in [0.15, 0.2) is 5.11 Å². The lowest BCUT2D eigenvalue weighted by Crippen LogP contribution is -2.32. The van der Waals surface area contributed by atoms with Gasteiger partial charge in [0.05, 0.1) is 0 Å². The van der Waals surface area contributed by atoms with E-state index in [1.54, 1.807) is 26.0 Å². The first-order chi connectivity index (χ1) is 8.11. The molecule has 0 radical (unpaired) electrons. The molecule has 0 saturated heterocycles. The number of thioether (sulfide) groups is 1. The van der Waals surface area contributed by atoms with Crippen LogP contribution in [-0.2, 0) is 4.74 Å². The van der Waals surface area contributed by atoms with Gasteiger partial charge in [0.25, 0.3) is 0 Å². The van der Waals surface area contributed by atoms with Gasteiger partial charge in [-0.1, -0.05) is 0 Å². The van der Waals surface area contributed by atoms with Gasteiger partial charge in [-0.3, -0.25) is 0 Å². The molecule has 0 saturated carbocycles. The Hall–Kier alpha value is -0.0400. The van der Waals surface area contributed by atoms with Gasteiger partial charge < -0.3 is 19.4 Å². The quantitative estimate of drug-likeness (QED) is 0.631. The minimum Gasteiger partial charge on any atom is -0.388 e. The second kappa shape index (κ2) is 22.2. The highest BCUT2D eigenvalue weighted by Crippen LogP contribution is 1.84. The average molecular weight is 300 g/mol. The van der Waals surface area contributed by atoms with Crippen molar-refractivity contribution < 1.29 is 4.74 Å². The molecule has 0 aliphatic carbocycles. The normalized spacial score (nSPS) is 7.78. The Labute approximate surface area is 125 Å². The molecule has 0 aromatic heterocycles.